The molecule has 0 aromatic carbocycles. The Morgan fingerprint density at radius 3 is 3.20 bits per heavy atom. The van der Waals surface area contributed by atoms with Crippen LogP contribution >= 0.6 is 11.5 Å². The molecule has 0 spiro atoms. The third-order valence-corrected chi connectivity index (χ3v) is 2.64. The molecule has 2 heterocycles. The van der Waals surface area contributed by atoms with Crippen molar-refractivity contribution in [2.75, 3.05) is 5.32 Å². The van der Waals surface area contributed by atoms with E-state index in [1.807, 2.05) is 6.07 Å². The Morgan fingerprint density at radius 2 is 2.47 bits per heavy atom. The standard InChI is InChI=1S/C9H13N5S/c1-2-3-8-12-9(15-14-8)10-6-7-4-5-11-13-7/h4-5H,2-3,6H2,1H3,(H,11,13)(H,10,12,14). The highest BCUT2D eigenvalue weighted by Gasteiger charge is 2.02. The summed E-state index contributed by atoms with van der Waals surface area (Å²) in [7, 11) is 0. The van der Waals surface area contributed by atoms with Crippen molar-refractivity contribution in [3.63, 3.8) is 0 Å². The van der Waals surface area contributed by atoms with Crippen molar-refractivity contribution in [2.45, 2.75) is 26.3 Å². The number of anilines is 1. The third-order valence-electron chi connectivity index (χ3n) is 1.93. The molecule has 0 aliphatic rings. The van der Waals surface area contributed by atoms with Crippen LogP contribution < -0.4 is 5.32 Å². The van der Waals surface area contributed by atoms with E-state index in [2.05, 4.69) is 31.8 Å². The van der Waals surface area contributed by atoms with E-state index < -0.39 is 0 Å². The van der Waals surface area contributed by atoms with E-state index in [0.29, 0.717) is 6.54 Å². The maximum Gasteiger partial charge on any atom is 0.202 e. The van der Waals surface area contributed by atoms with Gasteiger partial charge < -0.3 is 5.32 Å². The molecule has 15 heavy (non-hydrogen) atoms. The first-order chi connectivity index (χ1) is 7.38. The summed E-state index contributed by atoms with van der Waals surface area (Å²) >= 11 is 1.40. The summed E-state index contributed by atoms with van der Waals surface area (Å²) in [4.78, 5) is 4.36. The first-order valence-electron chi connectivity index (χ1n) is 4.93. The average molecular weight is 223 g/mol. The van der Waals surface area contributed by atoms with Crippen LogP contribution in [-0.4, -0.2) is 19.6 Å². The van der Waals surface area contributed by atoms with Crippen molar-refractivity contribution in [3.05, 3.63) is 23.8 Å². The van der Waals surface area contributed by atoms with Crippen molar-refractivity contribution in [1.82, 2.24) is 19.6 Å². The Bertz CT molecular complexity index is 394. The number of hydrogen-bond donors (Lipinski definition) is 2. The highest BCUT2D eigenvalue weighted by Crippen LogP contribution is 2.12. The summed E-state index contributed by atoms with van der Waals surface area (Å²) in [5.41, 5.74) is 1.04. The number of aryl methyl sites for hydroxylation is 1. The molecular formula is C9H13N5S. The van der Waals surface area contributed by atoms with E-state index in [1.165, 1.54) is 11.5 Å². The fourth-order valence-corrected chi connectivity index (χ4v) is 1.81. The smallest absolute Gasteiger partial charge is 0.202 e. The molecule has 2 rings (SSSR count). The monoisotopic (exact) mass is 223 g/mol. The van der Waals surface area contributed by atoms with Gasteiger partial charge in [-0.1, -0.05) is 6.92 Å². The molecule has 0 atom stereocenters. The van der Waals surface area contributed by atoms with Crippen LogP contribution in [-0.2, 0) is 13.0 Å². The van der Waals surface area contributed by atoms with Crippen molar-refractivity contribution in [3.8, 4) is 0 Å². The Labute approximate surface area is 92.1 Å². The van der Waals surface area contributed by atoms with Crippen LogP contribution in [0.1, 0.15) is 24.9 Å². The highest BCUT2D eigenvalue weighted by atomic mass is 32.1. The molecule has 2 aromatic heterocycles. The van der Waals surface area contributed by atoms with E-state index in [4.69, 9.17) is 0 Å². The zero-order valence-electron chi connectivity index (χ0n) is 8.53. The van der Waals surface area contributed by atoms with Crippen molar-refractivity contribution in [2.24, 2.45) is 0 Å². The zero-order valence-corrected chi connectivity index (χ0v) is 9.34. The minimum atomic E-state index is 0.709. The molecule has 0 fully saturated rings. The molecule has 0 aliphatic heterocycles. The number of aromatic amines is 1. The summed E-state index contributed by atoms with van der Waals surface area (Å²) in [6.45, 7) is 2.83. The van der Waals surface area contributed by atoms with E-state index in [-0.39, 0.29) is 0 Å². The van der Waals surface area contributed by atoms with E-state index >= 15 is 0 Å². The zero-order chi connectivity index (χ0) is 10.5. The van der Waals surface area contributed by atoms with Gasteiger partial charge in [-0.2, -0.15) is 9.47 Å². The van der Waals surface area contributed by atoms with Gasteiger partial charge >= 0.3 is 0 Å². The van der Waals surface area contributed by atoms with Crippen molar-refractivity contribution in [1.29, 1.82) is 0 Å². The molecule has 0 bridgehead atoms. The van der Waals surface area contributed by atoms with Gasteiger partial charge in [0, 0.05) is 24.2 Å². The van der Waals surface area contributed by atoms with Gasteiger partial charge in [-0.15, -0.1) is 0 Å². The predicted molar refractivity (Wildman–Crippen MR) is 59.8 cm³/mol. The molecule has 80 valence electrons. The van der Waals surface area contributed by atoms with Crippen LogP contribution in [0, 0.1) is 0 Å². The van der Waals surface area contributed by atoms with Crippen LogP contribution in [0.2, 0.25) is 0 Å². The molecule has 5 nitrogen and oxygen atoms in total. The Kier molecular flexibility index (Phi) is 3.29. The molecule has 0 amide bonds. The number of aromatic nitrogens is 4. The second-order valence-electron chi connectivity index (χ2n) is 3.20. The second kappa shape index (κ2) is 4.88. The summed E-state index contributed by atoms with van der Waals surface area (Å²) in [5, 5.41) is 10.8. The lowest BCUT2D eigenvalue weighted by molar-refractivity contribution is 0.860. The molecule has 0 unspecified atom stereocenters. The van der Waals surface area contributed by atoms with E-state index in [9.17, 15) is 0 Å². The molecular weight excluding hydrogens is 210 g/mol. The third kappa shape index (κ3) is 2.76. The lowest BCUT2D eigenvalue weighted by Crippen LogP contribution is -1.99. The average Bonchev–Trinajstić information content (AvgIpc) is 2.85. The summed E-state index contributed by atoms with van der Waals surface area (Å²) in [5.74, 6) is 0.926. The largest absolute Gasteiger partial charge is 0.355 e. The fourth-order valence-electron chi connectivity index (χ4n) is 1.20. The lowest BCUT2D eigenvalue weighted by Gasteiger charge is -1.97. The number of rotatable bonds is 5. The van der Waals surface area contributed by atoms with Crippen LogP contribution in [0.25, 0.3) is 0 Å². The molecule has 2 N–H and O–H groups in total. The van der Waals surface area contributed by atoms with Gasteiger partial charge in [-0.3, -0.25) is 5.10 Å². The molecule has 0 aliphatic carbocycles. The Hall–Kier alpha value is -1.43. The minimum absolute atomic E-state index is 0.709. The first kappa shape index (κ1) is 10.1. The fraction of sp³-hybridized carbons (Fsp3) is 0.444. The normalized spacial score (nSPS) is 10.5. The van der Waals surface area contributed by atoms with Gasteiger partial charge in [-0.05, 0) is 12.5 Å². The van der Waals surface area contributed by atoms with Gasteiger partial charge in [0.2, 0.25) is 5.13 Å². The topological polar surface area (TPSA) is 66.5 Å². The maximum absolute atomic E-state index is 4.36. The maximum atomic E-state index is 4.36. The van der Waals surface area contributed by atoms with Crippen LogP contribution in [0.3, 0.4) is 0 Å². The van der Waals surface area contributed by atoms with E-state index in [0.717, 1.165) is 29.5 Å². The van der Waals surface area contributed by atoms with Gasteiger partial charge in [0.1, 0.15) is 5.82 Å². The SMILES string of the molecule is CCCc1nsc(NCc2ccn[nH]2)n1. The number of H-pyrrole nitrogens is 1. The van der Waals surface area contributed by atoms with Gasteiger partial charge in [0.05, 0.1) is 12.2 Å². The highest BCUT2D eigenvalue weighted by molar-refractivity contribution is 7.09. The van der Waals surface area contributed by atoms with Gasteiger partial charge in [-0.25, -0.2) is 4.98 Å². The Balaban J connectivity index is 1.88. The lowest BCUT2D eigenvalue weighted by atomic mass is 10.3. The van der Waals surface area contributed by atoms with Gasteiger partial charge in [0.15, 0.2) is 0 Å². The van der Waals surface area contributed by atoms with Crippen molar-refractivity contribution < 1.29 is 0 Å². The summed E-state index contributed by atoms with van der Waals surface area (Å²) in [6, 6.07) is 1.93. The second-order valence-corrected chi connectivity index (χ2v) is 3.95. The quantitative estimate of drug-likeness (QED) is 0.811. The molecule has 2 aromatic rings. The predicted octanol–water partition coefficient (Wildman–Crippen LogP) is 1.83. The number of hydrogen-bond acceptors (Lipinski definition) is 5. The van der Waals surface area contributed by atoms with Gasteiger partial charge in [0.25, 0.3) is 0 Å². The number of nitrogens with zero attached hydrogens (tertiary/aromatic N) is 3. The Morgan fingerprint density at radius 1 is 1.53 bits per heavy atom. The number of nitrogens with one attached hydrogen (secondary N) is 2. The first-order valence-corrected chi connectivity index (χ1v) is 5.70. The molecule has 0 saturated heterocycles. The summed E-state index contributed by atoms with van der Waals surface area (Å²) < 4.78 is 4.25. The van der Waals surface area contributed by atoms with Crippen LogP contribution in [0.4, 0.5) is 5.13 Å². The van der Waals surface area contributed by atoms with Crippen LogP contribution in [0.15, 0.2) is 12.3 Å². The summed E-state index contributed by atoms with van der Waals surface area (Å²) in [6.07, 6.45) is 3.76. The molecule has 0 radical (unpaired) electrons. The minimum Gasteiger partial charge on any atom is -0.355 e. The van der Waals surface area contributed by atoms with Crippen molar-refractivity contribution >= 4 is 16.7 Å². The van der Waals surface area contributed by atoms with Crippen LogP contribution in [0.5, 0.6) is 0 Å². The van der Waals surface area contributed by atoms with E-state index in [1.54, 1.807) is 6.20 Å². The molecule has 6 heteroatoms. The molecule has 0 saturated carbocycles.